The van der Waals surface area contributed by atoms with Gasteiger partial charge in [0.2, 0.25) is 0 Å². The molecule has 1 aliphatic rings. The quantitative estimate of drug-likeness (QED) is 0.428. The molecule has 1 aromatic carbocycles. The lowest BCUT2D eigenvalue weighted by atomic mass is 10.1. The molecule has 1 saturated heterocycles. The highest BCUT2D eigenvalue weighted by Gasteiger charge is 2.16. The molecule has 0 radical (unpaired) electrons. The number of likely N-dealkylation sites (N-methyl/N-ethyl adjacent to an activating group) is 1. The number of piperazine rings is 1. The van der Waals surface area contributed by atoms with Crippen molar-refractivity contribution >= 4 is 5.96 Å². The fraction of sp³-hybridized carbons (Fsp3) is 0.708. The van der Waals surface area contributed by atoms with Crippen LogP contribution in [0.4, 0.5) is 0 Å². The molecular formula is C24H44N6. The minimum Gasteiger partial charge on any atom is -0.357 e. The summed E-state index contributed by atoms with van der Waals surface area (Å²) in [5, 5.41) is 6.92. The average Bonchev–Trinajstić information content (AvgIpc) is 2.74. The molecule has 30 heavy (non-hydrogen) atoms. The SMILES string of the molecule is CCNC(=NCC(C)CN1CCN(C)CC1)NCCC(C)N(C)Cc1ccccc1. The maximum Gasteiger partial charge on any atom is 0.191 e. The summed E-state index contributed by atoms with van der Waals surface area (Å²) < 4.78 is 0. The monoisotopic (exact) mass is 416 g/mol. The van der Waals surface area contributed by atoms with Crippen LogP contribution >= 0.6 is 0 Å². The minimum atomic E-state index is 0.511. The summed E-state index contributed by atoms with van der Waals surface area (Å²) >= 11 is 0. The molecule has 6 nitrogen and oxygen atoms in total. The van der Waals surface area contributed by atoms with Crippen LogP contribution in [0.3, 0.4) is 0 Å². The van der Waals surface area contributed by atoms with Crippen molar-refractivity contribution in [3.05, 3.63) is 35.9 Å². The van der Waals surface area contributed by atoms with E-state index in [0.29, 0.717) is 12.0 Å². The molecule has 0 aliphatic carbocycles. The predicted octanol–water partition coefficient (Wildman–Crippen LogP) is 2.34. The zero-order valence-corrected chi connectivity index (χ0v) is 19.9. The highest BCUT2D eigenvalue weighted by Crippen LogP contribution is 2.08. The maximum atomic E-state index is 4.85. The van der Waals surface area contributed by atoms with Crippen LogP contribution in [0.25, 0.3) is 0 Å². The molecule has 1 aliphatic heterocycles. The van der Waals surface area contributed by atoms with E-state index in [9.17, 15) is 0 Å². The van der Waals surface area contributed by atoms with Crippen LogP contribution in [-0.4, -0.2) is 93.2 Å². The number of nitrogens with one attached hydrogen (secondary N) is 2. The van der Waals surface area contributed by atoms with E-state index in [1.165, 1.54) is 31.7 Å². The lowest BCUT2D eigenvalue weighted by molar-refractivity contribution is 0.140. The zero-order chi connectivity index (χ0) is 21.8. The molecule has 2 unspecified atom stereocenters. The summed E-state index contributed by atoms with van der Waals surface area (Å²) in [6.07, 6.45) is 1.09. The van der Waals surface area contributed by atoms with Crippen LogP contribution in [0.5, 0.6) is 0 Å². The lowest BCUT2D eigenvalue weighted by Crippen LogP contribution is -2.46. The molecule has 1 aromatic rings. The number of guanidine groups is 1. The molecule has 1 fully saturated rings. The van der Waals surface area contributed by atoms with Crippen LogP contribution in [0, 0.1) is 5.92 Å². The molecule has 2 rings (SSSR count). The highest BCUT2D eigenvalue weighted by molar-refractivity contribution is 5.79. The Morgan fingerprint density at radius 1 is 1.10 bits per heavy atom. The first-order valence-electron chi connectivity index (χ1n) is 11.6. The van der Waals surface area contributed by atoms with Crippen molar-refractivity contribution in [2.75, 3.05) is 66.5 Å². The number of hydrogen-bond donors (Lipinski definition) is 2. The van der Waals surface area contributed by atoms with E-state index in [2.05, 4.69) is 90.5 Å². The van der Waals surface area contributed by atoms with Gasteiger partial charge in [-0.2, -0.15) is 0 Å². The third kappa shape index (κ3) is 9.45. The van der Waals surface area contributed by atoms with E-state index in [4.69, 9.17) is 4.99 Å². The van der Waals surface area contributed by atoms with Crippen molar-refractivity contribution in [3.8, 4) is 0 Å². The molecule has 2 atom stereocenters. The Bertz CT molecular complexity index is 597. The van der Waals surface area contributed by atoms with Gasteiger partial charge < -0.3 is 20.4 Å². The second kappa shape index (κ2) is 13.6. The van der Waals surface area contributed by atoms with Gasteiger partial charge in [-0.3, -0.25) is 9.89 Å². The van der Waals surface area contributed by atoms with Gasteiger partial charge in [-0.25, -0.2) is 0 Å². The van der Waals surface area contributed by atoms with E-state index in [0.717, 1.165) is 45.1 Å². The molecule has 0 bridgehead atoms. The summed E-state index contributed by atoms with van der Waals surface area (Å²) in [7, 11) is 4.41. The summed E-state index contributed by atoms with van der Waals surface area (Å²) in [6.45, 7) is 16.3. The zero-order valence-electron chi connectivity index (χ0n) is 19.9. The van der Waals surface area contributed by atoms with Crippen LogP contribution in [0.15, 0.2) is 35.3 Å². The third-order valence-corrected chi connectivity index (χ3v) is 5.95. The van der Waals surface area contributed by atoms with Crippen LogP contribution in [0.2, 0.25) is 0 Å². The van der Waals surface area contributed by atoms with Crippen LogP contribution < -0.4 is 10.6 Å². The average molecular weight is 417 g/mol. The van der Waals surface area contributed by atoms with E-state index in [1.807, 2.05) is 0 Å². The van der Waals surface area contributed by atoms with Gasteiger partial charge in [-0.15, -0.1) is 0 Å². The van der Waals surface area contributed by atoms with Gasteiger partial charge in [0, 0.05) is 64.9 Å². The first-order valence-corrected chi connectivity index (χ1v) is 11.6. The number of aliphatic imine (C=N–C) groups is 1. The van der Waals surface area contributed by atoms with Crippen molar-refractivity contribution in [2.24, 2.45) is 10.9 Å². The van der Waals surface area contributed by atoms with Gasteiger partial charge in [0.15, 0.2) is 5.96 Å². The van der Waals surface area contributed by atoms with Crippen LogP contribution in [0.1, 0.15) is 32.8 Å². The van der Waals surface area contributed by atoms with E-state index in [1.54, 1.807) is 0 Å². The first-order chi connectivity index (χ1) is 14.5. The summed E-state index contributed by atoms with van der Waals surface area (Å²) in [6, 6.07) is 11.2. The third-order valence-electron chi connectivity index (χ3n) is 5.95. The Labute approximate surface area is 184 Å². The molecule has 0 amide bonds. The Hall–Kier alpha value is -1.63. The van der Waals surface area contributed by atoms with Gasteiger partial charge in [-0.05, 0) is 45.8 Å². The van der Waals surface area contributed by atoms with Crippen molar-refractivity contribution in [1.29, 1.82) is 0 Å². The smallest absolute Gasteiger partial charge is 0.191 e. The van der Waals surface area contributed by atoms with Gasteiger partial charge >= 0.3 is 0 Å². The van der Waals surface area contributed by atoms with E-state index >= 15 is 0 Å². The molecule has 6 heteroatoms. The molecule has 2 N–H and O–H groups in total. The standard InChI is InChI=1S/C24H44N6/c1-6-25-24(27-18-21(2)19-30-16-14-28(4)15-17-30)26-13-12-22(3)29(5)20-23-10-8-7-9-11-23/h7-11,21-22H,6,12-20H2,1-5H3,(H2,25,26,27). The molecule has 0 saturated carbocycles. The Morgan fingerprint density at radius 2 is 1.80 bits per heavy atom. The molecule has 0 aromatic heterocycles. The topological polar surface area (TPSA) is 46.1 Å². The van der Waals surface area contributed by atoms with Gasteiger partial charge in [0.05, 0.1) is 0 Å². The molecule has 1 heterocycles. The van der Waals surface area contributed by atoms with Crippen LogP contribution in [-0.2, 0) is 6.54 Å². The Kier molecular flexibility index (Phi) is 11.2. The maximum absolute atomic E-state index is 4.85. The van der Waals surface area contributed by atoms with Gasteiger partial charge in [0.1, 0.15) is 0 Å². The fourth-order valence-electron chi connectivity index (χ4n) is 3.76. The van der Waals surface area contributed by atoms with Crippen molar-refractivity contribution < 1.29 is 0 Å². The van der Waals surface area contributed by atoms with E-state index < -0.39 is 0 Å². The highest BCUT2D eigenvalue weighted by atomic mass is 15.2. The van der Waals surface area contributed by atoms with Crippen molar-refractivity contribution in [1.82, 2.24) is 25.3 Å². The minimum absolute atomic E-state index is 0.511. The number of hydrogen-bond acceptors (Lipinski definition) is 4. The molecule has 170 valence electrons. The lowest BCUT2D eigenvalue weighted by Gasteiger charge is -2.33. The number of rotatable bonds is 11. The molecular weight excluding hydrogens is 372 g/mol. The van der Waals surface area contributed by atoms with Crippen molar-refractivity contribution in [3.63, 3.8) is 0 Å². The normalized spacial score (nSPS) is 18.4. The number of benzene rings is 1. The molecule has 0 spiro atoms. The number of nitrogens with zero attached hydrogens (tertiary/aromatic N) is 4. The fourth-order valence-corrected chi connectivity index (χ4v) is 3.76. The largest absolute Gasteiger partial charge is 0.357 e. The second-order valence-corrected chi connectivity index (χ2v) is 8.89. The summed E-state index contributed by atoms with van der Waals surface area (Å²) in [4.78, 5) is 12.2. The Balaban J connectivity index is 1.70. The summed E-state index contributed by atoms with van der Waals surface area (Å²) in [5.74, 6) is 1.51. The van der Waals surface area contributed by atoms with Gasteiger partial charge in [0.25, 0.3) is 0 Å². The van der Waals surface area contributed by atoms with Gasteiger partial charge in [-0.1, -0.05) is 37.3 Å². The second-order valence-electron chi connectivity index (χ2n) is 8.89. The first kappa shape index (κ1) is 24.6. The van der Waals surface area contributed by atoms with Crippen molar-refractivity contribution in [2.45, 2.75) is 39.8 Å². The predicted molar refractivity (Wildman–Crippen MR) is 129 cm³/mol. The summed E-state index contributed by atoms with van der Waals surface area (Å²) in [5.41, 5.74) is 1.36. The Morgan fingerprint density at radius 3 is 2.47 bits per heavy atom. The van der Waals surface area contributed by atoms with E-state index in [-0.39, 0.29) is 0 Å².